The molecule has 0 fully saturated rings. The highest BCUT2D eigenvalue weighted by Gasteiger charge is 2.21. The number of rotatable bonds is 7. The van der Waals surface area contributed by atoms with Gasteiger partial charge >= 0.3 is 0 Å². The van der Waals surface area contributed by atoms with E-state index in [1.807, 2.05) is 45.5 Å². The molecule has 0 saturated carbocycles. The van der Waals surface area contributed by atoms with Crippen molar-refractivity contribution in [2.45, 2.75) is 56.7 Å². The summed E-state index contributed by atoms with van der Waals surface area (Å²) >= 11 is 1.84. The van der Waals surface area contributed by atoms with Gasteiger partial charge in [0.05, 0.1) is 0 Å². The summed E-state index contributed by atoms with van der Waals surface area (Å²) in [5.41, 5.74) is -0.151. The van der Waals surface area contributed by atoms with Crippen LogP contribution in [0.3, 0.4) is 0 Å². The second-order valence-corrected chi connectivity index (χ2v) is 8.60. The van der Waals surface area contributed by atoms with Gasteiger partial charge in [0, 0.05) is 28.6 Å². The molecule has 1 aromatic heterocycles. The van der Waals surface area contributed by atoms with Gasteiger partial charge in [-0.3, -0.25) is 0 Å². The Morgan fingerprint density at radius 3 is 2.58 bits per heavy atom. The number of nitrogens with zero attached hydrogens (tertiary/aromatic N) is 3. The SMILES string of the molecule is CCNC(=NCc1noc(C(C)(C)C)n1)NCC(C)Sc1ccccc1. The molecule has 0 aliphatic carbocycles. The molecule has 26 heavy (non-hydrogen) atoms. The van der Waals surface area contributed by atoms with Crippen LogP contribution in [0.4, 0.5) is 0 Å². The summed E-state index contributed by atoms with van der Waals surface area (Å²) in [6.07, 6.45) is 0. The zero-order chi connectivity index (χ0) is 19.0. The summed E-state index contributed by atoms with van der Waals surface area (Å²) in [6.45, 7) is 12.4. The van der Waals surface area contributed by atoms with Crippen LogP contribution in [-0.2, 0) is 12.0 Å². The molecular weight excluding hydrogens is 346 g/mol. The maximum Gasteiger partial charge on any atom is 0.232 e. The highest BCUT2D eigenvalue weighted by Crippen LogP contribution is 2.22. The van der Waals surface area contributed by atoms with Gasteiger partial charge in [0.2, 0.25) is 5.89 Å². The summed E-state index contributed by atoms with van der Waals surface area (Å²) in [5, 5.41) is 11.1. The van der Waals surface area contributed by atoms with Crippen LogP contribution < -0.4 is 10.6 Å². The van der Waals surface area contributed by atoms with E-state index in [0.29, 0.717) is 23.5 Å². The number of aliphatic imine (C=N–C) groups is 1. The number of aromatic nitrogens is 2. The average molecular weight is 376 g/mol. The highest BCUT2D eigenvalue weighted by atomic mass is 32.2. The van der Waals surface area contributed by atoms with Crippen molar-refractivity contribution in [1.82, 2.24) is 20.8 Å². The molecule has 1 unspecified atom stereocenters. The fourth-order valence-corrected chi connectivity index (χ4v) is 3.07. The Morgan fingerprint density at radius 1 is 1.23 bits per heavy atom. The van der Waals surface area contributed by atoms with Gasteiger partial charge in [-0.2, -0.15) is 4.98 Å². The third-order valence-electron chi connectivity index (χ3n) is 3.47. The molecular formula is C19H29N5OS. The standard InChI is InChI=1S/C19H29N5OS/c1-6-20-18(21-12-14(2)26-15-10-8-7-9-11-15)22-13-16-23-17(25-24-16)19(3,4)5/h7-11,14H,6,12-13H2,1-5H3,(H2,20,21,22). The van der Waals surface area contributed by atoms with E-state index in [-0.39, 0.29) is 5.41 Å². The van der Waals surface area contributed by atoms with E-state index in [9.17, 15) is 0 Å². The van der Waals surface area contributed by atoms with Crippen LogP contribution in [-0.4, -0.2) is 34.4 Å². The number of hydrogen-bond acceptors (Lipinski definition) is 5. The van der Waals surface area contributed by atoms with Gasteiger partial charge in [-0.1, -0.05) is 51.1 Å². The molecule has 2 aromatic rings. The molecule has 1 aromatic carbocycles. The van der Waals surface area contributed by atoms with Crippen molar-refractivity contribution in [3.63, 3.8) is 0 Å². The minimum atomic E-state index is -0.151. The first-order valence-electron chi connectivity index (χ1n) is 8.95. The Kier molecular flexibility index (Phi) is 7.50. The van der Waals surface area contributed by atoms with Crippen molar-refractivity contribution < 1.29 is 4.52 Å². The van der Waals surface area contributed by atoms with Gasteiger partial charge in [0.25, 0.3) is 0 Å². The van der Waals surface area contributed by atoms with E-state index >= 15 is 0 Å². The summed E-state index contributed by atoms with van der Waals surface area (Å²) in [6, 6.07) is 10.4. The average Bonchev–Trinajstić information content (AvgIpc) is 3.08. The number of guanidine groups is 1. The van der Waals surface area contributed by atoms with Crippen molar-refractivity contribution in [3.8, 4) is 0 Å². The molecule has 0 bridgehead atoms. The molecule has 142 valence electrons. The summed E-state index contributed by atoms with van der Waals surface area (Å²) < 4.78 is 5.31. The lowest BCUT2D eigenvalue weighted by molar-refractivity contribution is 0.318. The predicted molar refractivity (Wildman–Crippen MR) is 108 cm³/mol. The molecule has 1 atom stereocenters. The fourth-order valence-electron chi connectivity index (χ4n) is 2.13. The van der Waals surface area contributed by atoms with E-state index in [0.717, 1.165) is 19.0 Å². The van der Waals surface area contributed by atoms with E-state index in [1.54, 1.807) is 0 Å². The highest BCUT2D eigenvalue weighted by molar-refractivity contribution is 8.00. The second-order valence-electron chi connectivity index (χ2n) is 7.08. The lowest BCUT2D eigenvalue weighted by Crippen LogP contribution is -2.40. The van der Waals surface area contributed by atoms with Gasteiger partial charge in [-0.15, -0.1) is 11.8 Å². The molecule has 1 heterocycles. The maximum absolute atomic E-state index is 5.31. The van der Waals surface area contributed by atoms with Crippen LogP contribution in [0.1, 0.15) is 46.3 Å². The zero-order valence-corrected chi connectivity index (χ0v) is 17.1. The number of benzene rings is 1. The monoisotopic (exact) mass is 375 g/mol. The van der Waals surface area contributed by atoms with Crippen molar-refractivity contribution in [3.05, 3.63) is 42.0 Å². The van der Waals surface area contributed by atoms with Crippen molar-refractivity contribution in [2.75, 3.05) is 13.1 Å². The predicted octanol–water partition coefficient (Wildman–Crippen LogP) is 3.60. The Hall–Kier alpha value is -2.02. The molecule has 0 radical (unpaired) electrons. The molecule has 0 saturated heterocycles. The van der Waals surface area contributed by atoms with Crippen LogP contribution in [0.5, 0.6) is 0 Å². The van der Waals surface area contributed by atoms with Gasteiger partial charge < -0.3 is 15.2 Å². The number of nitrogens with one attached hydrogen (secondary N) is 2. The van der Waals surface area contributed by atoms with E-state index in [4.69, 9.17) is 4.52 Å². The van der Waals surface area contributed by atoms with Crippen molar-refractivity contribution in [1.29, 1.82) is 0 Å². The first-order valence-corrected chi connectivity index (χ1v) is 9.83. The van der Waals surface area contributed by atoms with Crippen LogP contribution in [0, 0.1) is 0 Å². The van der Waals surface area contributed by atoms with Crippen molar-refractivity contribution in [2.24, 2.45) is 4.99 Å². The minimum absolute atomic E-state index is 0.151. The topological polar surface area (TPSA) is 75.3 Å². The summed E-state index contributed by atoms with van der Waals surface area (Å²) in [5.74, 6) is 1.99. The summed E-state index contributed by atoms with van der Waals surface area (Å²) in [4.78, 5) is 10.2. The molecule has 0 aliphatic rings. The lowest BCUT2D eigenvalue weighted by Gasteiger charge is -2.15. The Bertz CT molecular complexity index is 693. The maximum atomic E-state index is 5.31. The van der Waals surface area contributed by atoms with Gasteiger partial charge in [-0.25, -0.2) is 4.99 Å². The Labute approximate surface area is 160 Å². The van der Waals surface area contributed by atoms with E-state index < -0.39 is 0 Å². The third-order valence-corrected chi connectivity index (χ3v) is 4.58. The Balaban J connectivity index is 1.88. The zero-order valence-electron chi connectivity index (χ0n) is 16.2. The normalized spacial score (nSPS) is 13.5. The molecule has 6 nitrogen and oxygen atoms in total. The van der Waals surface area contributed by atoms with Gasteiger partial charge in [-0.05, 0) is 19.1 Å². The smallest absolute Gasteiger partial charge is 0.232 e. The third kappa shape index (κ3) is 6.71. The largest absolute Gasteiger partial charge is 0.357 e. The lowest BCUT2D eigenvalue weighted by atomic mass is 9.97. The molecule has 7 heteroatoms. The molecule has 0 spiro atoms. The quantitative estimate of drug-likeness (QED) is 0.437. The van der Waals surface area contributed by atoms with Crippen LogP contribution >= 0.6 is 11.8 Å². The van der Waals surface area contributed by atoms with Gasteiger partial charge in [0.1, 0.15) is 6.54 Å². The number of thioether (sulfide) groups is 1. The number of hydrogen-bond donors (Lipinski definition) is 2. The Morgan fingerprint density at radius 2 is 1.96 bits per heavy atom. The molecule has 0 amide bonds. The van der Waals surface area contributed by atoms with Crippen molar-refractivity contribution >= 4 is 17.7 Å². The first-order chi connectivity index (χ1) is 12.4. The molecule has 0 aliphatic heterocycles. The van der Waals surface area contributed by atoms with E-state index in [2.05, 4.69) is 57.0 Å². The fraction of sp³-hybridized carbons (Fsp3) is 0.526. The van der Waals surface area contributed by atoms with Crippen LogP contribution in [0.25, 0.3) is 0 Å². The first kappa shape index (κ1) is 20.3. The van der Waals surface area contributed by atoms with E-state index in [1.165, 1.54) is 4.90 Å². The van der Waals surface area contributed by atoms with Crippen LogP contribution in [0.15, 0.2) is 44.7 Å². The summed E-state index contributed by atoms with van der Waals surface area (Å²) in [7, 11) is 0. The molecule has 2 N–H and O–H groups in total. The van der Waals surface area contributed by atoms with Gasteiger partial charge in [0.15, 0.2) is 11.8 Å². The second kappa shape index (κ2) is 9.62. The minimum Gasteiger partial charge on any atom is -0.357 e. The van der Waals surface area contributed by atoms with Crippen LogP contribution in [0.2, 0.25) is 0 Å². The molecule has 2 rings (SSSR count).